The van der Waals surface area contributed by atoms with Crippen molar-refractivity contribution < 1.29 is 9.53 Å². The van der Waals surface area contributed by atoms with Crippen LogP contribution in [0.25, 0.3) is 0 Å². The van der Waals surface area contributed by atoms with E-state index in [4.69, 9.17) is 4.74 Å². The molecule has 2 rings (SSSR count). The zero-order chi connectivity index (χ0) is 15.1. The molecule has 2 N–H and O–H groups in total. The van der Waals surface area contributed by atoms with E-state index in [-0.39, 0.29) is 5.91 Å². The van der Waals surface area contributed by atoms with Crippen molar-refractivity contribution in [3.05, 3.63) is 29.3 Å². The van der Waals surface area contributed by atoms with Crippen molar-refractivity contribution in [2.75, 3.05) is 25.0 Å². The Hall–Kier alpha value is -1.55. The number of hydrogen-bond acceptors (Lipinski definition) is 3. The summed E-state index contributed by atoms with van der Waals surface area (Å²) in [5, 5.41) is 6.26. The second-order valence-corrected chi connectivity index (χ2v) is 5.61. The monoisotopic (exact) mass is 290 g/mol. The highest BCUT2D eigenvalue weighted by atomic mass is 16.5. The van der Waals surface area contributed by atoms with Gasteiger partial charge in [-0.15, -0.1) is 0 Å². The smallest absolute Gasteiger partial charge is 0.253 e. The number of hydrogen-bond donors (Lipinski definition) is 2. The quantitative estimate of drug-likeness (QED) is 0.846. The molecule has 4 heteroatoms. The average Bonchev–Trinajstić information content (AvgIpc) is 2.49. The van der Waals surface area contributed by atoms with Crippen LogP contribution in [0.1, 0.15) is 48.5 Å². The van der Waals surface area contributed by atoms with Crippen LogP contribution < -0.4 is 10.6 Å². The fourth-order valence-corrected chi connectivity index (χ4v) is 2.67. The van der Waals surface area contributed by atoms with Crippen LogP contribution in [0, 0.1) is 6.92 Å². The molecule has 1 saturated heterocycles. The summed E-state index contributed by atoms with van der Waals surface area (Å²) in [6.45, 7) is 6.40. The van der Waals surface area contributed by atoms with Crippen molar-refractivity contribution in [3.63, 3.8) is 0 Å². The van der Waals surface area contributed by atoms with Gasteiger partial charge in [0, 0.05) is 25.4 Å². The third kappa shape index (κ3) is 4.74. The molecule has 21 heavy (non-hydrogen) atoms. The van der Waals surface area contributed by atoms with Crippen molar-refractivity contribution in [3.8, 4) is 0 Å². The van der Waals surface area contributed by atoms with E-state index < -0.39 is 0 Å². The summed E-state index contributed by atoms with van der Waals surface area (Å²) < 4.78 is 5.68. The van der Waals surface area contributed by atoms with Crippen LogP contribution in [0.5, 0.6) is 0 Å². The van der Waals surface area contributed by atoms with Gasteiger partial charge < -0.3 is 15.4 Å². The van der Waals surface area contributed by atoms with Crippen LogP contribution >= 0.6 is 0 Å². The SMILES string of the molecule is CCNc1cc(C)ccc1C(=O)NCCC1CCCCO1. The highest BCUT2D eigenvalue weighted by Gasteiger charge is 2.15. The van der Waals surface area contributed by atoms with E-state index in [0.717, 1.165) is 43.7 Å². The molecule has 1 aliphatic heterocycles. The van der Waals surface area contributed by atoms with Crippen LogP contribution in [0.4, 0.5) is 5.69 Å². The van der Waals surface area contributed by atoms with Crippen molar-refractivity contribution in [2.45, 2.75) is 45.6 Å². The van der Waals surface area contributed by atoms with Gasteiger partial charge in [-0.2, -0.15) is 0 Å². The molecule has 0 aliphatic carbocycles. The molecule has 0 spiro atoms. The van der Waals surface area contributed by atoms with Crippen molar-refractivity contribution >= 4 is 11.6 Å². The summed E-state index contributed by atoms with van der Waals surface area (Å²) in [6, 6.07) is 5.88. The van der Waals surface area contributed by atoms with Crippen LogP contribution in [-0.2, 0) is 4.74 Å². The average molecular weight is 290 g/mol. The minimum atomic E-state index is -0.0123. The summed E-state index contributed by atoms with van der Waals surface area (Å²) in [6.07, 6.45) is 4.72. The van der Waals surface area contributed by atoms with Gasteiger partial charge in [0.15, 0.2) is 0 Å². The first-order chi connectivity index (χ1) is 10.2. The van der Waals surface area contributed by atoms with E-state index >= 15 is 0 Å². The highest BCUT2D eigenvalue weighted by molar-refractivity contribution is 5.99. The summed E-state index contributed by atoms with van der Waals surface area (Å²) in [7, 11) is 0. The first kappa shape index (κ1) is 15.8. The molecule has 4 nitrogen and oxygen atoms in total. The molecule has 1 fully saturated rings. The van der Waals surface area contributed by atoms with Gasteiger partial charge in [0.2, 0.25) is 0 Å². The van der Waals surface area contributed by atoms with Crippen LogP contribution in [-0.4, -0.2) is 31.7 Å². The maximum Gasteiger partial charge on any atom is 0.253 e. The largest absolute Gasteiger partial charge is 0.385 e. The van der Waals surface area contributed by atoms with E-state index in [2.05, 4.69) is 10.6 Å². The fourth-order valence-electron chi connectivity index (χ4n) is 2.67. The molecular formula is C17H26N2O2. The Kier molecular flexibility index (Phi) is 6.05. The van der Waals surface area contributed by atoms with Crippen LogP contribution in [0.2, 0.25) is 0 Å². The Morgan fingerprint density at radius 1 is 1.38 bits per heavy atom. The maximum absolute atomic E-state index is 12.3. The lowest BCUT2D eigenvalue weighted by molar-refractivity contribution is 0.0117. The predicted octanol–water partition coefficient (Wildman–Crippen LogP) is 3.12. The molecular weight excluding hydrogens is 264 g/mol. The Labute approximate surface area is 127 Å². The normalized spacial score (nSPS) is 18.3. The predicted molar refractivity (Wildman–Crippen MR) is 85.9 cm³/mol. The Morgan fingerprint density at radius 3 is 2.95 bits per heavy atom. The van der Waals surface area contributed by atoms with E-state index in [1.165, 1.54) is 6.42 Å². The minimum absolute atomic E-state index is 0.0123. The lowest BCUT2D eigenvalue weighted by Gasteiger charge is -2.22. The number of carbonyl (C=O) groups excluding carboxylic acids is 1. The molecule has 1 aromatic carbocycles. The molecule has 1 unspecified atom stereocenters. The second-order valence-electron chi connectivity index (χ2n) is 5.61. The van der Waals surface area contributed by atoms with E-state index in [9.17, 15) is 4.79 Å². The first-order valence-electron chi connectivity index (χ1n) is 7.95. The lowest BCUT2D eigenvalue weighted by Crippen LogP contribution is -2.30. The number of benzene rings is 1. The van der Waals surface area contributed by atoms with Gasteiger partial charge in [0.25, 0.3) is 5.91 Å². The number of carbonyl (C=O) groups is 1. The topological polar surface area (TPSA) is 50.4 Å². The molecule has 0 aromatic heterocycles. The zero-order valence-electron chi connectivity index (χ0n) is 13.1. The van der Waals surface area contributed by atoms with Crippen molar-refractivity contribution in [2.24, 2.45) is 0 Å². The van der Waals surface area contributed by atoms with Gasteiger partial charge in [-0.25, -0.2) is 0 Å². The summed E-state index contributed by atoms with van der Waals surface area (Å²) >= 11 is 0. The maximum atomic E-state index is 12.3. The summed E-state index contributed by atoms with van der Waals surface area (Å²) in [4.78, 5) is 12.3. The Bertz CT molecular complexity index is 468. The van der Waals surface area contributed by atoms with E-state index in [0.29, 0.717) is 18.2 Å². The van der Waals surface area contributed by atoms with Gasteiger partial charge in [0.05, 0.1) is 11.7 Å². The summed E-state index contributed by atoms with van der Waals surface area (Å²) in [5.74, 6) is -0.0123. The summed E-state index contributed by atoms with van der Waals surface area (Å²) in [5.41, 5.74) is 2.77. The fraction of sp³-hybridized carbons (Fsp3) is 0.588. The number of amides is 1. The highest BCUT2D eigenvalue weighted by Crippen LogP contribution is 2.18. The molecule has 1 heterocycles. The van der Waals surface area contributed by atoms with E-state index in [1.807, 2.05) is 32.0 Å². The number of anilines is 1. The standard InChI is InChI=1S/C17H26N2O2/c1-3-18-16-12-13(2)7-8-15(16)17(20)19-10-9-14-6-4-5-11-21-14/h7-8,12,14,18H,3-6,9-11H2,1-2H3,(H,19,20). The van der Waals surface area contributed by atoms with Gasteiger partial charge >= 0.3 is 0 Å². The molecule has 0 saturated carbocycles. The molecule has 1 aromatic rings. The lowest BCUT2D eigenvalue weighted by atomic mass is 10.1. The molecule has 0 radical (unpaired) electrons. The Balaban J connectivity index is 1.87. The zero-order valence-corrected chi connectivity index (χ0v) is 13.1. The van der Waals surface area contributed by atoms with Gasteiger partial charge in [-0.05, 0) is 57.2 Å². The second kappa shape index (κ2) is 8.03. The number of nitrogens with one attached hydrogen (secondary N) is 2. The molecule has 0 bridgehead atoms. The minimum Gasteiger partial charge on any atom is -0.385 e. The van der Waals surface area contributed by atoms with Gasteiger partial charge in [0.1, 0.15) is 0 Å². The molecule has 1 atom stereocenters. The number of rotatable bonds is 6. The molecule has 116 valence electrons. The molecule has 1 amide bonds. The van der Waals surface area contributed by atoms with Gasteiger partial charge in [-0.1, -0.05) is 6.07 Å². The van der Waals surface area contributed by atoms with Crippen LogP contribution in [0.3, 0.4) is 0 Å². The third-order valence-corrected chi connectivity index (χ3v) is 3.81. The van der Waals surface area contributed by atoms with Gasteiger partial charge in [-0.3, -0.25) is 4.79 Å². The molecule has 1 aliphatic rings. The van der Waals surface area contributed by atoms with Crippen molar-refractivity contribution in [1.82, 2.24) is 5.32 Å². The van der Waals surface area contributed by atoms with Crippen molar-refractivity contribution in [1.29, 1.82) is 0 Å². The van der Waals surface area contributed by atoms with E-state index in [1.54, 1.807) is 0 Å². The van der Waals surface area contributed by atoms with Crippen LogP contribution in [0.15, 0.2) is 18.2 Å². The first-order valence-corrected chi connectivity index (χ1v) is 7.95. The Morgan fingerprint density at radius 2 is 2.24 bits per heavy atom. The number of aryl methyl sites for hydroxylation is 1. The number of ether oxygens (including phenoxy) is 1. The third-order valence-electron chi connectivity index (χ3n) is 3.81.